The summed E-state index contributed by atoms with van der Waals surface area (Å²) in [5.74, 6) is 0.158. The minimum Gasteiger partial charge on any atom is -0.465 e. The van der Waals surface area contributed by atoms with Crippen LogP contribution in [0.1, 0.15) is 18.4 Å². The van der Waals surface area contributed by atoms with Crippen LogP contribution in [0.4, 0.5) is 10.7 Å². The molecule has 1 aliphatic heterocycles. The van der Waals surface area contributed by atoms with Crippen LogP contribution in [0.25, 0.3) is 11.0 Å². The van der Waals surface area contributed by atoms with Crippen molar-refractivity contribution in [1.29, 1.82) is 0 Å². The lowest BCUT2D eigenvalue weighted by molar-refractivity contribution is -0.121. The third kappa shape index (κ3) is 3.66. The molecule has 8 nitrogen and oxygen atoms in total. The number of carboxylic acid groups (broad SMARTS) is 1. The van der Waals surface area contributed by atoms with E-state index in [0.717, 1.165) is 16.6 Å². The second-order valence-electron chi connectivity index (χ2n) is 6.90. The van der Waals surface area contributed by atoms with E-state index in [1.807, 2.05) is 41.0 Å². The number of nitrogens with zero attached hydrogens (tertiary/aromatic N) is 4. The highest BCUT2D eigenvalue weighted by atomic mass is 16.4. The molecule has 2 amide bonds. The minimum absolute atomic E-state index is 0.118. The lowest BCUT2D eigenvalue weighted by Crippen LogP contribution is -2.40. The van der Waals surface area contributed by atoms with Crippen molar-refractivity contribution in [3.8, 4) is 0 Å². The number of hydrogen-bond acceptors (Lipinski definition) is 4. The normalized spacial score (nSPS) is 14.9. The SMILES string of the molecule is O=C(Nc1nc2ccccc2n1Cc1cccnc1)C1CCN(C(=O)O)CC1. The summed E-state index contributed by atoms with van der Waals surface area (Å²) >= 11 is 0. The molecule has 1 aliphatic rings. The monoisotopic (exact) mass is 379 g/mol. The van der Waals surface area contributed by atoms with Crippen molar-refractivity contribution in [1.82, 2.24) is 19.4 Å². The standard InChI is InChI=1S/C20H21N5O3/c26-18(15-7-10-24(11-8-15)20(27)28)23-19-22-16-5-1-2-6-17(16)25(19)13-14-4-3-9-21-12-14/h1-6,9,12,15H,7-8,10-11,13H2,(H,27,28)(H,22,23,26). The van der Waals surface area contributed by atoms with Gasteiger partial charge in [0.2, 0.25) is 11.9 Å². The van der Waals surface area contributed by atoms with Gasteiger partial charge in [-0.25, -0.2) is 9.78 Å². The minimum atomic E-state index is -0.933. The van der Waals surface area contributed by atoms with Gasteiger partial charge in [-0.05, 0) is 36.6 Å². The van der Waals surface area contributed by atoms with E-state index in [0.29, 0.717) is 38.4 Å². The predicted molar refractivity (Wildman–Crippen MR) is 104 cm³/mol. The van der Waals surface area contributed by atoms with Crippen molar-refractivity contribution in [3.05, 3.63) is 54.4 Å². The molecular weight excluding hydrogens is 358 g/mol. The number of fused-ring (bicyclic) bond motifs is 1. The van der Waals surface area contributed by atoms with Crippen LogP contribution in [-0.4, -0.2) is 49.6 Å². The van der Waals surface area contributed by atoms with Crippen molar-refractivity contribution in [3.63, 3.8) is 0 Å². The fourth-order valence-electron chi connectivity index (χ4n) is 3.55. The molecule has 0 aliphatic carbocycles. The number of carbonyl (C=O) groups is 2. The number of benzene rings is 1. The zero-order valence-electron chi connectivity index (χ0n) is 15.3. The maximum Gasteiger partial charge on any atom is 0.407 e. The van der Waals surface area contributed by atoms with Crippen molar-refractivity contribution in [2.24, 2.45) is 5.92 Å². The number of para-hydroxylation sites is 2. The molecule has 3 aromatic rings. The molecule has 0 unspecified atom stereocenters. The van der Waals surface area contributed by atoms with E-state index >= 15 is 0 Å². The number of anilines is 1. The largest absolute Gasteiger partial charge is 0.465 e. The molecule has 0 saturated carbocycles. The third-order valence-electron chi connectivity index (χ3n) is 5.09. The number of carbonyl (C=O) groups excluding carboxylic acids is 1. The van der Waals surface area contributed by atoms with E-state index in [9.17, 15) is 9.59 Å². The van der Waals surface area contributed by atoms with Gasteiger partial charge >= 0.3 is 6.09 Å². The van der Waals surface area contributed by atoms with Crippen LogP contribution in [0.2, 0.25) is 0 Å². The maximum atomic E-state index is 12.8. The molecule has 2 N–H and O–H groups in total. The highest BCUT2D eigenvalue weighted by Gasteiger charge is 2.28. The summed E-state index contributed by atoms with van der Waals surface area (Å²) < 4.78 is 1.97. The van der Waals surface area contributed by atoms with Gasteiger partial charge in [0.05, 0.1) is 17.6 Å². The summed E-state index contributed by atoms with van der Waals surface area (Å²) in [5.41, 5.74) is 2.75. The van der Waals surface area contributed by atoms with E-state index in [-0.39, 0.29) is 11.8 Å². The number of aromatic nitrogens is 3. The Hall–Kier alpha value is -3.42. The fourth-order valence-corrected chi connectivity index (χ4v) is 3.55. The number of likely N-dealkylation sites (tertiary alicyclic amines) is 1. The second kappa shape index (κ2) is 7.67. The average molecular weight is 379 g/mol. The Morgan fingerprint density at radius 2 is 1.93 bits per heavy atom. The van der Waals surface area contributed by atoms with Crippen molar-refractivity contribution in [2.75, 3.05) is 18.4 Å². The van der Waals surface area contributed by atoms with Gasteiger partial charge in [0.15, 0.2) is 0 Å². The Kier molecular flexibility index (Phi) is 4.92. The Labute approximate surface area is 161 Å². The molecule has 8 heteroatoms. The van der Waals surface area contributed by atoms with Crippen molar-refractivity contribution in [2.45, 2.75) is 19.4 Å². The molecular formula is C20H21N5O3. The number of rotatable bonds is 4. The van der Waals surface area contributed by atoms with Crippen LogP contribution in [-0.2, 0) is 11.3 Å². The van der Waals surface area contributed by atoms with Gasteiger partial charge in [-0.3, -0.25) is 15.1 Å². The zero-order chi connectivity index (χ0) is 19.5. The molecule has 0 radical (unpaired) electrons. The lowest BCUT2D eigenvalue weighted by atomic mass is 9.96. The molecule has 0 spiro atoms. The molecule has 4 rings (SSSR count). The highest BCUT2D eigenvalue weighted by Crippen LogP contribution is 2.23. The van der Waals surface area contributed by atoms with E-state index < -0.39 is 6.09 Å². The number of amides is 2. The summed E-state index contributed by atoms with van der Waals surface area (Å²) in [6, 6.07) is 11.6. The third-order valence-corrected chi connectivity index (χ3v) is 5.09. The Morgan fingerprint density at radius 3 is 2.64 bits per heavy atom. The van der Waals surface area contributed by atoms with Gasteiger partial charge in [-0.2, -0.15) is 0 Å². The van der Waals surface area contributed by atoms with Crippen LogP contribution in [0, 0.1) is 5.92 Å². The number of pyridine rings is 1. The van der Waals surface area contributed by atoms with Crippen LogP contribution < -0.4 is 5.32 Å². The number of imidazole rings is 1. The van der Waals surface area contributed by atoms with Gasteiger partial charge in [-0.15, -0.1) is 0 Å². The molecule has 144 valence electrons. The lowest BCUT2D eigenvalue weighted by Gasteiger charge is -2.29. The smallest absolute Gasteiger partial charge is 0.407 e. The first-order chi connectivity index (χ1) is 13.6. The molecule has 2 aromatic heterocycles. The van der Waals surface area contributed by atoms with Crippen molar-refractivity contribution >= 4 is 29.0 Å². The molecule has 1 aromatic carbocycles. The second-order valence-corrected chi connectivity index (χ2v) is 6.90. The number of piperidine rings is 1. The summed E-state index contributed by atoms with van der Waals surface area (Å²) in [6.07, 6.45) is 3.61. The van der Waals surface area contributed by atoms with Crippen molar-refractivity contribution < 1.29 is 14.7 Å². The molecule has 1 saturated heterocycles. The summed E-state index contributed by atoms with van der Waals surface area (Å²) in [6.45, 7) is 1.29. The van der Waals surface area contributed by atoms with Gasteiger partial charge in [0, 0.05) is 31.4 Å². The van der Waals surface area contributed by atoms with E-state index in [1.54, 1.807) is 12.4 Å². The first-order valence-corrected chi connectivity index (χ1v) is 9.25. The molecule has 0 atom stereocenters. The van der Waals surface area contributed by atoms with Crippen LogP contribution in [0.15, 0.2) is 48.8 Å². The molecule has 3 heterocycles. The first kappa shape index (κ1) is 18.0. The maximum absolute atomic E-state index is 12.8. The quantitative estimate of drug-likeness (QED) is 0.726. The predicted octanol–water partition coefficient (Wildman–Crippen LogP) is 2.81. The Bertz CT molecular complexity index is 994. The number of nitrogens with one attached hydrogen (secondary N) is 1. The van der Waals surface area contributed by atoms with Crippen LogP contribution >= 0.6 is 0 Å². The first-order valence-electron chi connectivity index (χ1n) is 9.25. The number of hydrogen-bond donors (Lipinski definition) is 2. The summed E-state index contributed by atoms with van der Waals surface area (Å²) in [7, 11) is 0. The van der Waals surface area contributed by atoms with Crippen LogP contribution in [0.5, 0.6) is 0 Å². The van der Waals surface area contributed by atoms with Gasteiger partial charge in [-0.1, -0.05) is 18.2 Å². The molecule has 1 fully saturated rings. The van der Waals surface area contributed by atoms with E-state index in [1.165, 1.54) is 4.90 Å². The highest BCUT2D eigenvalue weighted by molar-refractivity contribution is 5.93. The van der Waals surface area contributed by atoms with E-state index in [2.05, 4.69) is 15.3 Å². The molecule has 0 bridgehead atoms. The summed E-state index contributed by atoms with van der Waals surface area (Å²) in [4.78, 5) is 33.9. The topological polar surface area (TPSA) is 100 Å². The Balaban J connectivity index is 1.56. The van der Waals surface area contributed by atoms with Gasteiger partial charge < -0.3 is 14.6 Å². The van der Waals surface area contributed by atoms with Crippen LogP contribution in [0.3, 0.4) is 0 Å². The Morgan fingerprint density at radius 1 is 1.14 bits per heavy atom. The fraction of sp³-hybridized carbons (Fsp3) is 0.300. The van der Waals surface area contributed by atoms with Gasteiger partial charge in [0.1, 0.15) is 0 Å². The van der Waals surface area contributed by atoms with Gasteiger partial charge in [0.25, 0.3) is 0 Å². The molecule has 28 heavy (non-hydrogen) atoms. The average Bonchev–Trinajstić information content (AvgIpc) is 3.06. The summed E-state index contributed by atoms with van der Waals surface area (Å²) in [5, 5.41) is 12.0. The van der Waals surface area contributed by atoms with E-state index in [4.69, 9.17) is 5.11 Å². The zero-order valence-corrected chi connectivity index (χ0v) is 15.3.